The van der Waals surface area contributed by atoms with Crippen molar-refractivity contribution in [3.05, 3.63) is 58.6 Å². The molecule has 0 bridgehead atoms. The van der Waals surface area contributed by atoms with Gasteiger partial charge in [-0.15, -0.1) is 0 Å². The van der Waals surface area contributed by atoms with Crippen LogP contribution >= 0.6 is 11.6 Å². The molecule has 1 aliphatic rings. The normalized spacial score (nSPS) is 13.8. The lowest BCUT2D eigenvalue weighted by Gasteiger charge is -2.19. The highest BCUT2D eigenvalue weighted by Gasteiger charge is 2.27. The van der Waals surface area contributed by atoms with Crippen molar-refractivity contribution < 1.29 is 9.59 Å². The molecule has 25 heavy (non-hydrogen) atoms. The number of nitrogens with zero attached hydrogens (tertiary/aromatic N) is 1. The molecule has 3 rings (SSSR count). The summed E-state index contributed by atoms with van der Waals surface area (Å²) in [5, 5.41) is 3.38. The van der Waals surface area contributed by atoms with Crippen LogP contribution in [0.3, 0.4) is 0 Å². The number of benzene rings is 2. The van der Waals surface area contributed by atoms with Gasteiger partial charge in [-0.2, -0.15) is 0 Å². The van der Waals surface area contributed by atoms with Crippen molar-refractivity contribution in [1.29, 1.82) is 0 Å². The fourth-order valence-corrected chi connectivity index (χ4v) is 2.84. The molecule has 0 fully saturated rings. The van der Waals surface area contributed by atoms with E-state index in [2.05, 4.69) is 5.32 Å². The maximum Gasteiger partial charge on any atom is 0.243 e. The van der Waals surface area contributed by atoms with Gasteiger partial charge in [0.25, 0.3) is 0 Å². The smallest absolute Gasteiger partial charge is 0.243 e. The van der Waals surface area contributed by atoms with Crippen LogP contribution in [0.25, 0.3) is 0 Å². The van der Waals surface area contributed by atoms with E-state index in [1.807, 2.05) is 24.3 Å². The van der Waals surface area contributed by atoms with E-state index in [4.69, 9.17) is 17.3 Å². The van der Waals surface area contributed by atoms with E-state index in [9.17, 15) is 9.59 Å². The number of carbonyl (C=O) groups excluding carboxylic acids is 2. The van der Waals surface area contributed by atoms with E-state index in [1.165, 1.54) is 0 Å². The Morgan fingerprint density at radius 3 is 2.56 bits per heavy atom. The first kappa shape index (κ1) is 17.5. The molecule has 0 radical (unpaired) electrons. The Hall–Kier alpha value is -2.37. The largest absolute Gasteiger partial charge is 0.325 e. The van der Waals surface area contributed by atoms with Gasteiger partial charge in [0.1, 0.15) is 0 Å². The average Bonchev–Trinajstić information content (AvgIpc) is 2.84. The monoisotopic (exact) mass is 357 g/mol. The summed E-state index contributed by atoms with van der Waals surface area (Å²) in [6.07, 6.45) is 0.395. The number of nitrogens with one attached hydrogen (secondary N) is 1. The summed E-state index contributed by atoms with van der Waals surface area (Å²) in [6.45, 7) is 3.76. The molecule has 0 aromatic heterocycles. The maximum absolute atomic E-state index is 12.3. The first-order valence-electron chi connectivity index (χ1n) is 8.02. The van der Waals surface area contributed by atoms with Crippen molar-refractivity contribution in [2.75, 3.05) is 10.2 Å². The number of carbonyl (C=O) groups is 2. The number of amides is 2. The minimum atomic E-state index is -0.941. The van der Waals surface area contributed by atoms with Crippen molar-refractivity contribution in [3.63, 3.8) is 0 Å². The van der Waals surface area contributed by atoms with Crippen LogP contribution in [0.2, 0.25) is 5.02 Å². The molecule has 0 spiro atoms. The number of fused-ring (bicyclic) bond motifs is 1. The SMILES string of the molecule is CC(C)(N)C(=O)Nc1ccc(CN2C(=O)Cc3ccc(Cl)cc32)cc1. The predicted molar refractivity (Wildman–Crippen MR) is 99.7 cm³/mol. The highest BCUT2D eigenvalue weighted by atomic mass is 35.5. The summed E-state index contributed by atoms with van der Waals surface area (Å²) >= 11 is 6.06. The number of hydrogen-bond donors (Lipinski definition) is 2. The Balaban J connectivity index is 1.73. The minimum Gasteiger partial charge on any atom is -0.325 e. The van der Waals surface area contributed by atoms with Gasteiger partial charge in [-0.1, -0.05) is 29.8 Å². The zero-order chi connectivity index (χ0) is 18.2. The summed E-state index contributed by atoms with van der Waals surface area (Å²) in [5.74, 6) is -0.196. The molecule has 0 unspecified atom stereocenters. The third kappa shape index (κ3) is 3.83. The molecule has 2 aromatic rings. The van der Waals surface area contributed by atoms with Crippen molar-refractivity contribution in [2.24, 2.45) is 5.73 Å². The van der Waals surface area contributed by atoms with Crippen LogP contribution in [0.15, 0.2) is 42.5 Å². The molecule has 1 heterocycles. The molecule has 2 amide bonds. The molecule has 5 nitrogen and oxygen atoms in total. The Morgan fingerprint density at radius 2 is 1.92 bits per heavy atom. The number of nitrogens with two attached hydrogens (primary N) is 1. The third-order valence-corrected chi connectivity index (χ3v) is 4.35. The molecule has 2 aromatic carbocycles. The molecular weight excluding hydrogens is 338 g/mol. The molecule has 130 valence electrons. The quantitative estimate of drug-likeness (QED) is 0.882. The fourth-order valence-electron chi connectivity index (χ4n) is 2.67. The van der Waals surface area contributed by atoms with Crippen LogP contribution in [0.5, 0.6) is 0 Å². The van der Waals surface area contributed by atoms with Crippen molar-refractivity contribution in [2.45, 2.75) is 32.4 Å². The highest BCUT2D eigenvalue weighted by Crippen LogP contribution is 2.32. The van der Waals surface area contributed by atoms with Crippen molar-refractivity contribution in [3.8, 4) is 0 Å². The highest BCUT2D eigenvalue weighted by molar-refractivity contribution is 6.31. The van der Waals surface area contributed by atoms with Crippen LogP contribution in [0, 0.1) is 0 Å². The molecule has 3 N–H and O–H groups in total. The second-order valence-electron chi connectivity index (χ2n) is 6.80. The lowest BCUT2D eigenvalue weighted by Crippen LogP contribution is -2.45. The summed E-state index contributed by atoms with van der Waals surface area (Å²) in [4.78, 5) is 25.9. The van der Waals surface area contributed by atoms with Crippen LogP contribution in [0.1, 0.15) is 25.0 Å². The van der Waals surface area contributed by atoms with E-state index in [0.717, 1.165) is 16.8 Å². The van der Waals surface area contributed by atoms with Crippen molar-refractivity contribution >= 4 is 34.8 Å². The number of anilines is 2. The molecule has 0 atom stereocenters. The van der Waals surface area contributed by atoms with Crippen LogP contribution in [-0.2, 0) is 22.6 Å². The van der Waals surface area contributed by atoms with Gasteiger partial charge in [0.05, 0.1) is 18.5 Å². The van der Waals surface area contributed by atoms with Gasteiger partial charge < -0.3 is 16.0 Å². The third-order valence-electron chi connectivity index (χ3n) is 4.12. The van der Waals surface area contributed by atoms with Gasteiger partial charge in [-0.25, -0.2) is 0 Å². The van der Waals surface area contributed by atoms with E-state index in [1.54, 1.807) is 36.9 Å². The van der Waals surface area contributed by atoms with Gasteiger partial charge in [0.2, 0.25) is 11.8 Å². The van der Waals surface area contributed by atoms with Crippen LogP contribution < -0.4 is 16.0 Å². The Labute approximate surface area is 151 Å². The molecule has 0 aliphatic carbocycles. The average molecular weight is 358 g/mol. The van der Waals surface area contributed by atoms with E-state index in [-0.39, 0.29) is 11.8 Å². The number of hydrogen-bond acceptors (Lipinski definition) is 3. The Bertz CT molecular complexity index is 826. The van der Waals surface area contributed by atoms with Crippen molar-refractivity contribution in [1.82, 2.24) is 0 Å². The summed E-state index contributed by atoms with van der Waals surface area (Å²) in [7, 11) is 0. The van der Waals surface area contributed by atoms with Gasteiger partial charge in [-0.3, -0.25) is 9.59 Å². The first-order chi connectivity index (χ1) is 11.7. The van der Waals surface area contributed by atoms with Crippen LogP contribution in [0.4, 0.5) is 11.4 Å². The topological polar surface area (TPSA) is 75.4 Å². The Kier molecular flexibility index (Phi) is 4.54. The number of halogens is 1. The second kappa shape index (κ2) is 6.50. The number of rotatable bonds is 4. The molecule has 0 saturated carbocycles. The fraction of sp³-hybridized carbons (Fsp3) is 0.263. The van der Waals surface area contributed by atoms with Gasteiger partial charge >= 0.3 is 0 Å². The van der Waals surface area contributed by atoms with E-state index < -0.39 is 5.54 Å². The lowest BCUT2D eigenvalue weighted by atomic mass is 10.1. The zero-order valence-electron chi connectivity index (χ0n) is 14.2. The molecule has 6 heteroatoms. The second-order valence-corrected chi connectivity index (χ2v) is 7.24. The lowest BCUT2D eigenvalue weighted by molar-refractivity contribution is -0.120. The first-order valence-corrected chi connectivity index (χ1v) is 8.40. The van der Waals surface area contributed by atoms with Crippen LogP contribution in [-0.4, -0.2) is 17.4 Å². The summed E-state index contributed by atoms with van der Waals surface area (Å²) in [5.41, 5.74) is 8.31. The van der Waals surface area contributed by atoms with Gasteiger partial charge in [-0.05, 0) is 49.2 Å². The molecular formula is C19H20ClN3O2. The van der Waals surface area contributed by atoms with Gasteiger partial charge in [0, 0.05) is 16.4 Å². The zero-order valence-corrected chi connectivity index (χ0v) is 14.9. The van der Waals surface area contributed by atoms with E-state index >= 15 is 0 Å². The van der Waals surface area contributed by atoms with Gasteiger partial charge in [0.15, 0.2) is 0 Å². The summed E-state index contributed by atoms with van der Waals surface area (Å²) in [6, 6.07) is 12.9. The minimum absolute atomic E-state index is 0.0551. The standard InChI is InChI=1S/C19H20ClN3O2/c1-19(2,21)18(25)22-15-7-3-12(4-8-15)11-23-16-10-14(20)6-5-13(16)9-17(23)24/h3-8,10H,9,11,21H2,1-2H3,(H,22,25). The Morgan fingerprint density at radius 1 is 1.24 bits per heavy atom. The summed E-state index contributed by atoms with van der Waals surface area (Å²) < 4.78 is 0. The molecule has 1 aliphatic heterocycles. The predicted octanol–water partition coefficient (Wildman–Crippen LogP) is 3.11. The van der Waals surface area contributed by atoms with E-state index in [0.29, 0.717) is 23.7 Å². The maximum atomic E-state index is 12.3. The molecule has 0 saturated heterocycles.